The quantitative estimate of drug-likeness (QED) is 0.192. The second-order valence-corrected chi connectivity index (χ2v) is 15.3. The predicted octanol–water partition coefficient (Wildman–Crippen LogP) is 7.00. The minimum Gasteiger partial charge on any atom is -0.343 e. The Morgan fingerprint density at radius 1 is 1.37 bits per heavy atom. The third-order valence-electron chi connectivity index (χ3n) is 3.99. The van der Waals surface area contributed by atoms with E-state index in [1.54, 1.807) is 4.91 Å². The molecule has 0 aliphatic carbocycles. The van der Waals surface area contributed by atoms with E-state index in [4.69, 9.17) is 4.74 Å². The van der Waals surface area contributed by atoms with Crippen molar-refractivity contribution in [3.8, 4) is 0 Å². The molecule has 2 aliphatic rings. The first-order valence-electron chi connectivity index (χ1n) is 9.45. The first kappa shape index (κ1) is 25.1. The summed E-state index contributed by atoms with van der Waals surface area (Å²) in [7, 11) is 0. The smallest absolute Gasteiger partial charge is 0.0849 e. The molecule has 1 saturated heterocycles. The molecular weight excluding hydrogens is 543 g/mol. The summed E-state index contributed by atoms with van der Waals surface area (Å²) in [4.78, 5) is 1.63. The van der Waals surface area contributed by atoms with Gasteiger partial charge < -0.3 is 4.74 Å². The minimum absolute atomic E-state index is 0.0336. The first-order valence-corrected chi connectivity index (χ1v) is 17.4. The molecule has 2 rings (SSSR count). The lowest BCUT2D eigenvalue weighted by atomic mass is 10.3. The molecule has 0 aromatic carbocycles. The van der Waals surface area contributed by atoms with Crippen molar-refractivity contribution in [2.45, 2.75) is 37.2 Å². The average Bonchev–Trinajstić information content (AvgIpc) is 2.87. The van der Waals surface area contributed by atoms with Crippen molar-refractivity contribution in [2.24, 2.45) is 5.92 Å². The minimum atomic E-state index is -0.0336. The van der Waals surface area contributed by atoms with Crippen LogP contribution in [0.1, 0.15) is 26.7 Å². The lowest BCUT2D eigenvalue weighted by Crippen LogP contribution is -2.19. The van der Waals surface area contributed by atoms with E-state index in [-0.39, 0.29) is 20.7 Å². The van der Waals surface area contributed by atoms with Gasteiger partial charge in [0.05, 0.1) is 10.3 Å². The van der Waals surface area contributed by atoms with E-state index in [0.717, 1.165) is 35.7 Å². The summed E-state index contributed by atoms with van der Waals surface area (Å²) in [5, 5.41) is 1.42. The standard InChI is InChI=1S/C20H33IOS5/c1-15(2)9-25-18(12-23-4)8-22-20-6-5-17(7-21-20)27-14-19-13-24-10-16(3)11-26-19/h7,16,18-19H,1,5-6,8-14H2,2-4H3/t16-,18?,19?/m1/s1. The molecule has 3 atom stereocenters. The molecule has 156 valence electrons. The zero-order valence-corrected chi connectivity index (χ0v) is 22.9. The van der Waals surface area contributed by atoms with Gasteiger partial charge in [-0.15, -0.1) is 11.8 Å². The highest BCUT2D eigenvalue weighted by atomic mass is 127. The fourth-order valence-corrected chi connectivity index (χ4v) is 11.4. The number of allylic oxidation sites excluding steroid dienone is 1. The molecule has 2 heterocycles. The van der Waals surface area contributed by atoms with Crippen LogP contribution in [0, 0.1) is 5.92 Å². The SMILES string of the molecule is C=C(C)CSC(COC1=IC=C(SCC2CSC[C@@H](C)CS2)CC1)CSC. The van der Waals surface area contributed by atoms with Gasteiger partial charge in [-0.1, -0.05) is 39.8 Å². The molecule has 27 heavy (non-hydrogen) atoms. The van der Waals surface area contributed by atoms with E-state index >= 15 is 0 Å². The molecule has 0 amide bonds. The molecule has 2 aliphatic heterocycles. The Morgan fingerprint density at radius 3 is 2.93 bits per heavy atom. The molecule has 7 heteroatoms. The van der Waals surface area contributed by atoms with E-state index in [1.165, 1.54) is 38.7 Å². The van der Waals surface area contributed by atoms with Crippen LogP contribution >= 0.6 is 79.5 Å². The third-order valence-corrected chi connectivity index (χ3v) is 14.1. The molecule has 1 fully saturated rings. The van der Waals surface area contributed by atoms with Crippen LogP contribution in [0.15, 0.2) is 21.1 Å². The van der Waals surface area contributed by atoms with E-state index in [2.05, 4.69) is 66.1 Å². The molecule has 0 aromatic rings. The van der Waals surface area contributed by atoms with Gasteiger partial charge in [0.25, 0.3) is 0 Å². The number of thioether (sulfide) groups is 5. The summed E-state index contributed by atoms with van der Waals surface area (Å²) in [5.74, 6) is 8.42. The molecule has 0 saturated carbocycles. The van der Waals surface area contributed by atoms with E-state index in [9.17, 15) is 0 Å². The molecule has 2 unspecified atom stereocenters. The van der Waals surface area contributed by atoms with Crippen molar-refractivity contribution in [2.75, 3.05) is 47.4 Å². The largest absolute Gasteiger partial charge is 0.343 e. The van der Waals surface area contributed by atoms with Gasteiger partial charge in [0, 0.05) is 39.9 Å². The van der Waals surface area contributed by atoms with Gasteiger partial charge in [0.2, 0.25) is 0 Å². The van der Waals surface area contributed by atoms with E-state index in [1.807, 2.05) is 23.5 Å². The highest BCUT2D eigenvalue weighted by Crippen LogP contribution is 2.35. The Morgan fingerprint density at radius 2 is 2.22 bits per heavy atom. The van der Waals surface area contributed by atoms with Crippen LogP contribution in [0.2, 0.25) is 0 Å². The van der Waals surface area contributed by atoms with Crippen LogP contribution in [-0.2, 0) is 4.74 Å². The second-order valence-electron chi connectivity index (χ2n) is 7.11. The van der Waals surface area contributed by atoms with Gasteiger partial charge in [0.1, 0.15) is 0 Å². The van der Waals surface area contributed by atoms with Crippen molar-refractivity contribution in [1.82, 2.24) is 0 Å². The molecule has 0 N–H and O–H groups in total. The molecule has 1 nitrogen and oxygen atoms in total. The summed E-state index contributed by atoms with van der Waals surface area (Å²) < 4.78 is 10.2. The average molecular weight is 577 g/mol. The van der Waals surface area contributed by atoms with E-state index < -0.39 is 0 Å². The fourth-order valence-electron chi connectivity index (χ4n) is 2.53. The van der Waals surface area contributed by atoms with Crippen LogP contribution in [0.5, 0.6) is 0 Å². The maximum Gasteiger partial charge on any atom is 0.0849 e. The van der Waals surface area contributed by atoms with Crippen LogP contribution in [-0.4, -0.2) is 61.6 Å². The molecule has 0 radical (unpaired) electrons. The number of ether oxygens (including phenoxy) is 1. The molecular formula is C20H33IOS5. The van der Waals surface area contributed by atoms with Crippen LogP contribution in [0.3, 0.4) is 0 Å². The van der Waals surface area contributed by atoms with Crippen LogP contribution in [0.25, 0.3) is 0 Å². The van der Waals surface area contributed by atoms with Crippen molar-refractivity contribution in [3.63, 3.8) is 0 Å². The maximum absolute atomic E-state index is 6.24. The monoisotopic (exact) mass is 576 g/mol. The summed E-state index contributed by atoms with van der Waals surface area (Å²) in [6.45, 7) is 9.40. The fraction of sp³-hybridized carbons (Fsp3) is 0.750. The van der Waals surface area contributed by atoms with Gasteiger partial charge in [0.15, 0.2) is 0 Å². The third kappa shape index (κ3) is 11.1. The highest BCUT2D eigenvalue weighted by Gasteiger charge is 2.19. The van der Waals surface area contributed by atoms with Gasteiger partial charge in [-0.2, -0.15) is 47.0 Å². The Kier molecular flexibility index (Phi) is 13.7. The topological polar surface area (TPSA) is 9.23 Å². The normalized spacial score (nSPS) is 25.0. The lowest BCUT2D eigenvalue weighted by molar-refractivity contribution is 0.312. The van der Waals surface area contributed by atoms with E-state index in [0.29, 0.717) is 5.25 Å². The predicted molar refractivity (Wildman–Crippen MR) is 147 cm³/mol. The zero-order valence-electron chi connectivity index (χ0n) is 16.7. The molecule has 0 spiro atoms. The van der Waals surface area contributed by atoms with Crippen molar-refractivity contribution in [1.29, 1.82) is 0 Å². The Labute approximate surface area is 198 Å². The lowest BCUT2D eigenvalue weighted by Gasteiger charge is -2.19. The van der Waals surface area contributed by atoms with Crippen molar-refractivity contribution < 1.29 is 4.74 Å². The highest BCUT2D eigenvalue weighted by molar-refractivity contribution is 14.2. The van der Waals surface area contributed by atoms with Crippen LogP contribution < -0.4 is 0 Å². The zero-order chi connectivity index (χ0) is 19.5. The van der Waals surface area contributed by atoms with Crippen molar-refractivity contribution >= 4 is 83.2 Å². The number of hydrogen-bond acceptors (Lipinski definition) is 6. The van der Waals surface area contributed by atoms with Crippen molar-refractivity contribution in [3.05, 3.63) is 21.1 Å². The van der Waals surface area contributed by atoms with Gasteiger partial charge in [-0.25, -0.2) is 0 Å². The second kappa shape index (κ2) is 14.7. The first-order chi connectivity index (χ1) is 13.1. The van der Waals surface area contributed by atoms with Gasteiger partial charge >= 0.3 is 0 Å². The summed E-state index contributed by atoms with van der Waals surface area (Å²) >= 11 is 10.4. The van der Waals surface area contributed by atoms with Crippen LogP contribution in [0.4, 0.5) is 0 Å². The Bertz CT molecular complexity index is 523. The summed E-state index contributed by atoms with van der Waals surface area (Å²) in [5.41, 5.74) is 1.26. The Hall–Kier alpha value is 1.79. The maximum atomic E-state index is 6.24. The number of hydrogen-bond donors (Lipinski definition) is 0. The summed E-state index contributed by atoms with van der Waals surface area (Å²) in [6.07, 6.45) is 4.55. The number of halogens is 1. The van der Waals surface area contributed by atoms with Gasteiger partial charge in [-0.3, -0.25) is 0 Å². The molecule has 0 aromatic heterocycles. The number of rotatable bonds is 11. The molecule has 0 bridgehead atoms. The Balaban J connectivity index is 1.71. The summed E-state index contributed by atoms with van der Waals surface area (Å²) in [6, 6.07) is 0. The van der Waals surface area contributed by atoms with Gasteiger partial charge in [-0.05, 0) is 46.0 Å².